The molecule has 144 valence electrons. The fraction of sp³-hybridized carbons (Fsp3) is 0.300. The van der Waals surface area contributed by atoms with Crippen LogP contribution in [0.15, 0.2) is 42.5 Å². The Hall–Kier alpha value is -2.24. The lowest BCUT2D eigenvalue weighted by molar-refractivity contribution is -0.137. The first-order chi connectivity index (χ1) is 13.0. The minimum Gasteiger partial charge on any atom is -0.481 e. The minimum atomic E-state index is -0.790. The van der Waals surface area contributed by atoms with E-state index in [1.165, 1.54) is 0 Å². The molecule has 0 aromatic heterocycles. The molecule has 0 heterocycles. The summed E-state index contributed by atoms with van der Waals surface area (Å²) in [5, 5.41) is 15.7. The molecular formula is C20H22Cl2N2O3. The van der Waals surface area contributed by atoms with Crippen molar-refractivity contribution in [3.8, 4) is 0 Å². The highest BCUT2D eigenvalue weighted by Gasteiger charge is 2.11. The average Bonchev–Trinajstić information content (AvgIpc) is 2.62. The largest absolute Gasteiger partial charge is 0.481 e. The maximum absolute atomic E-state index is 12.2. The summed E-state index contributed by atoms with van der Waals surface area (Å²) in [4.78, 5) is 22.7. The second-order valence-corrected chi connectivity index (χ2v) is 6.92. The van der Waals surface area contributed by atoms with E-state index < -0.39 is 5.97 Å². The summed E-state index contributed by atoms with van der Waals surface area (Å²) in [5.41, 5.74) is 2.20. The van der Waals surface area contributed by atoms with Crippen LogP contribution in [0.5, 0.6) is 0 Å². The van der Waals surface area contributed by atoms with Gasteiger partial charge in [0, 0.05) is 18.7 Å². The van der Waals surface area contributed by atoms with E-state index in [9.17, 15) is 9.59 Å². The smallest absolute Gasteiger partial charge is 0.303 e. The van der Waals surface area contributed by atoms with E-state index in [-0.39, 0.29) is 18.7 Å². The fourth-order valence-electron chi connectivity index (χ4n) is 2.59. The zero-order chi connectivity index (χ0) is 19.6. The number of nitrogens with one attached hydrogen (secondary N) is 2. The van der Waals surface area contributed by atoms with Gasteiger partial charge in [-0.1, -0.05) is 53.9 Å². The third-order valence-electron chi connectivity index (χ3n) is 3.98. The van der Waals surface area contributed by atoms with Gasteiger partial charge in [0.2, 0.25) is 5.91 Å². The lowest BCUT2D eigenvalue weighted by Gasteiger charge is -2.14. The van der Waals surface area contributed by atoms with Gasteiger partial charge >= 0.3 is 5.97 Å². The molecular weight excluding hydrogens is 387 g/mol. The SMILES string of the molecule is O=C(O)CCCCCNC(=O)Cc1ccccc1Nc1c(Cl)cccc1Cl. The summed E-state index contributed by atoms with van der Waals surface area (Å²) in [6.07, 6.45) is 2.54. The molecule has 0 aliphatic rings. The first-order valence-corrected chi connectivity index (χ1v) is 9.50. The Morgan fingerprint density at radius 1 is 0.926 bits per heavy atom. The van der Waals surface area contributed by atoms with E-state index in [0.717, 1.165) is 24.1 Å². The van der Waals surface area contributed by atoms with E-state index in [1.807, 2.05) is 24.3 Å². The predicted octanol–water partition coefficient (Wildman–Crippen LogP) is 5.04. The Labute approximate surface area is 168 Å². The van der Waals surface area contributed by atoms with Crippen LogP contribution in [0.25, 0.3) is 0 Å². The molecule has 2 rings (SSSR count). The molecule has 0 atom stereocenters. The van der Waals surface area contributed by atoms with Gasteiger partial charge in [0.05, 0.1) is 22.2 Å². The quantitative estimate of drug-likeness (QED) is 0.481. The highest BCUT2D eigenvalue weighted by atomic mass is 35.5. The van der Waals surface area contributed by atoms with Gasteiger partial charge in [-0.15, -0.1) is 0 Å². The Balaban J connectivity index is 1.90. The van der Waals surface area contributed by atoms with Gasteiger partial charge in [-0.05, 0) is 36.6 Å². The second-order valence-electron chi connectivity index (χ2n) is 6.11. The van der Waals surface area contributed by atoms with Gasteiger partial charge in [-0.2, -0.15) is 0 Å². The van der Waals surface area contributed by atoms with Crippen LogP contribution in [-0.4, -0.2) is 23.5 Å². The highest BCUT2D eigenvalue weighted by Crippen LogP contribution is 2.33. The first-order valence-electron chi connectivity index (χ1n) is 8.75. The van der Waals surface area contributed by atoms with Crippen LogP contribution >= 0.6 is 23.2 Å². The van der Waals surface area contributed by atoms with Crippen molar-refractivity contribution in [2.45, 2.75) is 32.1 Å². The third-order valence-corrected chi connectivity index (χ3v) is 4.61. The maximum atomic E-state index is 12.2. The van der Waals surface area contributed by atoms with Crippen LogP contribution in [0.2, 0.25) is 10.0 Å². The van der Waals surface area contributed by atoms with Gasteiger partial charge in [-0.3, -0.25) is 9.59 Å². The van der Waals surface area contributed by atoms with Crippen LogP contribution in [0, 0.1) is 0 Å². The van der Waals surface area contributed by atoms with Crippen molar-refractivity contribution in [2.75, 3.05) is 11.9 Å². The molecule has 0 fully saturated rings. The lowest BCUT2D eigenvalue weighted by atomic mass is 10.1. The molecule has 2 aromatic rings. The summed E-state index contributed by atoms with van der Waals surface area (Å²) in [5.74, 6) is -0.880. The molecule has 0 bridgehead atoms. The number of hydrogen-bond donors (Lipinski definition) is 3. The van der Waals surface area contributed by atoms with Gasteiger partial charge in [-0.25, -0.2) is 0 Å². The number of rotatable bonds is 10. The molecule has 0 saturated carbocycles. The van der Waals surface area contributed by atoms with Crippen molar-refractivity contribution in [1.82, 2.24) is 5.32 Å². The van der Waals surface area contributed by atoms with Crippen molar-refractivity contribution in [3.63, 3.8) is 0 Å². The lowest BCUT2D eigenvalue weighted by Crippen LogP contribution is -2.26. The standard InChI is InChI=1S/C20H22Cl2N2O3/c21-15-8-6-9-16(22)20(15)24-17-10-4-3-7-14(17)13-18(25)23-12-5-1-2-11-19(26)27/h3-4,6-10,24H,1-2,5,11-13H2,(H,23,25)(H,26,27). The van der Waals surface area contributed by atoms with Crippen molar-refractivity contribution < 1.29 is 14.7 Å². The van der Waals surface area contributed by atoms with Crippen LogP contribution in [0.3, 0.4) is 0 Å². The average molecular weight is 409 g/mol. The van der Waals surface area contributed by atoms with Gasteiger partial charge in [0.15, 0.2) is 0 Å². The van der Waals surface area contributed by atoms with Crippen LogP contribution < -0.4 is 10.6 Å². The number of carbonyl (C=O) groups excluding carboxylic acids is 1. The molecule has 2 aromatic carbocycles. The Morgan fingerprint density at radius 3 is 2.33 bits per heavy atom. The number of carboxylic acids is 1. The number of unbranched alkanes of at least 4 members (excludes halogenated alkanes) is 2. The monoisotopic (exact) mass is 408 g/mol. The number of hydrogen-bond acceptors (Lipinski definition) is 3. The predicted molar refractivity (Wildman–Crippen MR) is 109 cm³/mol. The van der Waals surface area contributed by atoms with Gasteiger partial charge in [0.1, 0.15) is 0 Å². The van der Waals surface area contributed by atoms with Crippen molar-refractivity contribution in [2.24, 2.45) is 0 Å². The number of amides is 1. The number of benzene rings is 2. The number of anilines is 2. The molecule has 27 heavy (non-hydrogen) atoms. The Morgan fingerprint density at radius 2 is 1.63 bits per heavy atom. The van der Waals surface area contributed by atoms with Crippen molar-refractivity contribution in [1.29, 1.82) is 0 Å². The first kappa shape index (κ1) is 21.1. The summed E-state index contributed by atoms with van der Waals surface area (Å²) in [6.45, 7) is 0.532. The molecule has 0 spiro atoms. The van der Waals surface area contributed by atoms with E-state index in [0.29, 0.717) is 28.7 Å². The van der Waals surface area contributed by atoms with E-state index in [1.54, 1.807) is 18.2 Å². The van der Waals surface area contributed by atoms with E-state index in [4.69, 9.17) is 28.3 Å². The summed E-state index contributed by atoms with van der Waals surface area (Å²) >= 11 is 12.4. The van der Waals surface area contributed by atoms with Crippen LogP contribution in [-0.2, 0) is 16.0 Å². The third kappa shape index (κ3) is 7.12. The van der Waals surface area contributed by atoms with Crippen molar-refractivity contribution in [3.05, 3.63) is 58.1 Å². The zero-order valence-corrected chi connectivity index (χ0v) is 16.3. The molecule has 7 heteroatoms. The molecule has 5 nitrogen and oxygen atoms in total. The Bertz CT molecular complexity index is 776. The zero-order valence-electron chi connectivity index (χ0n) is 14.8. The number of para-hydroxylation sites is 2. The summed E-state index contributed by atoms with van der Waals surface area (Å²) < 4.78 is 0. The van der Waals surface area contributed by atoms with Gasteiger partial charge in [0.25, 0.3) is 0 Å². The molecule has 0 saturated heterocycles. The minimum absolute atomic E-state index is 0.0901. The summed E-state index contributed by atoms with van der Waals surface area (Å²) in [7, 11) is 0. The van der Waals surface area contributed by atoms with Crippen LogP contribution in [0.1, 0.15) is 31.2 Å². The van der Waals surface area contributed by atoms with Crippen molar-refractivity contribution >= 4 is 46.5 Å². The van der Waals surface area contributed by atoms with E-state index in [2.05, 4.69) is 10.6 Å². The Kier molecular flexibility index (Phi) is 8.43. The number of carboxylic acid groups (broad SMARTS) is 1. The molecule has 0 radical (unpaired) electrons. The number of carbonyl (C=O) groups is 2. The topological polar surface area (TPSA) is 78.4 Å². The number of aliphatic carboxylic acids is 1. The fourth-order valence-corrected chi connectivity index (χ4v) is 3.08. The second kappa shape index (κ2) is 10.8. The van der Waals surface area contributed by atoms with Gasteiger partial charge < -0.3 is 15.7 Å². The maximum Gasteiger partial charge on any atom is 0.303 e. The number of halogens is 2. The molecule has 0 aliphatic heterocycles. The summed E-state index contributed by atoms with van der Waals surface area (Å²) in [6, 6.07) is 12.7. The molecule has 3 N–H and O–H groups in total. The van der Waals surface area contributed by atoms with E-state index >= 15 is 0 Å². The molecule has 1 amide bonds. The molecule has 0 aliphatic carbocycles. The normalized spacial score (nSPS) is 10.4. The highest BCUT2D eigenvalue weighted by molar-refractivity contribution is 6.39. The van der Waals surface area contributed by atoms with Crippen LogP contribution in [0.4, 0.5) is 11.4 Å². The molecule has 0 unspecified atom stereocenters.